The fourth-order valence-electron chi connectivity index (χ4n) is 0.811. The monoisotopic (exact) mass is 183 g/mol. The van der Waals surface area contributed by atoms with Gasteiger partial charge in [-0.2, -0.15) is 0 Å². The molecule has 0 saturated carbocycles. The van der Waals surface area contributed by atoms with Gasteiger partial charge >= 0.3 is 0 Å². The highest BCUT2D eigenvalue weighted by Crippen LogP contribution is 2.20. The summed E-state index contributed by atoms with van der Waals surface area (Å²) in [5, 5.41) is 1.72. The van der Waals surface area contributed by atoms with Crippen molar-refractivity contribution in [1.29, 1.82) is 0 Å². The first-order valence-corrected chi connectivity index (χ1v) is 3.66. The van der Waals surface area contributed by atoms with Crippen LogP contribution in [0.4, 0.5) is 17.3 Å². The molecule has 0 bridgehead atoms. The number of nitrogen functional groups attached to an aromatic ring is 2. The summed E-state index contributed by atoms with van der Waals surface area (Å²) >= 11 is 0. The molecule has 0 aromatic carbocycles. The van der Waals surface area contributed by atoms with Crippen molar-refractivity contribution >= 4 is 17.3 Å². The molecule has 1 aromatic rings. The Morgan fingerprint density at radius 2 is 1.92 bits per heavy atom. The van der Waals surface area contributed by atoms with Gasteiger partial charge in [0.2, 0.25) is 0 Å². The van der Waals surface area contributed by atoms with Crippen molar-refractivity contribution in [2.24, 2.45) is 5.84 Å². The van der Waals surface area contributed by atoms with E-state index in [1.165, 1.54) is 6.33 Å². The number of nitrogens with one attached hydrogen (secondary N) is 2. The molecule has 0 aliphatic rings. The van der Waals surface area contributed by atoms with Gasteiger partial charge in [-0.3, -0.25) is 0 Å². The Morgan fingerprint density at radius 3 is 2.46 bits per heavy atom. The lowest BCUT2D eigenvalue weighted by Gasteiger charge is -2.14. The topological polar surface area (TPSA) is 105 Å². The highest BCUT2D eigenvalue weighted by Gasteiger charge is 2.06. The first kappa shape index (κ1) is 9.49. The number of anilines is 3. The van der Waals surface area contributed by atoms with Gasteiger partial charge < -0.3 is 16.6 Å². The third-order valence-corrected chi connectivity index (χ3v) is 1.35. The largest absolute Gasteiger partial charge is 0.393 e. The smallest absolute Gasteiger partial charge is 0.169 e. The predicted molar refractivity (Wildman–Crippen MR) is 51.6 cm³/mol. The van der Waals surface area contributed by atoms with Gasteiger partial charge in [-0.1, -0.05) is 0 Å². The lowest BCUT2D eigenvalue weighted by molar-refractivity contribution is 0.492. The Labute approximate surface area is 76.1 Å². The van der Waals surface area contributed by atoms with Crippen LogP contribution in [0.25, 0.3) is 0 Å². The Kier molecular flexibility index (Phi) is 2.83. The van der Waals surface area contributed by atoms with Gasteiger partial charge in [0.25, 0.3) is 0 Å². The van der Waals surface area contributed by atoms with E-state index in [4.69, 9.17) is 11.6 Å². The molecule has 0 atom stereocenters. The van der Waals surface area contributed by atoms with Crippen LogP contribution in [0.2, 0.25) is 0 Å². The fourth-order valence-corrected chi connectivity index (χ4v) is 0.811. The van der Waals surface area contributed by atoms with Crippen molar-refractivity contribution < 1.29 is 0 Å². The number of hydrogen-bond donors (Lipinski definition) is 4. The highest BCUT2D eigenvalue weighted by atomic mass is 15.5. The first-order chi connectivity index (χ1) is 6.15. The molecule has 7 heteroatoms. The first-order valence-electron chi connectivity index (χ1n) is 3.66. The summed E-state index contributed by atoms with van der Waals surface area (Å²) in [5.74, 6) is 6.11. The van der Waals surface area contributed by atoms with Gasteiger partial charge in [0, 0.05) is 14.1 Å². The molecule has 0 unspecified atom stereocenters. The van der Waals surface area contributed by atoms with Crippen LogP contribution in [0, 0.1) is 0 Å². The van der Waals surface area contributed by atoms with Gasteiger partial charge in [0.1, 0.15) is 12.0 Å². The number of rotatable bonds is 3. The normalized spacial score (nSPS) is 10.2. The average molecular weight is 183 g/mol. The third kappa shape index (κ3) is 2.17. The number of nitrogens with two attached hydrogens (primary N) is 2. The molecule has 0 aliphatic carbocycles. The van der Waals surface area contributed by atoms with Gasteiger partial charge in [-0.05, 0) is 0 Å². The molecule has 0 radical (unpaired) electrons. The van der Waals surface area contributed by atoms with Crippen LogP contribution >= 0.6 is 0 Å². The summed E-state index contributed by atoms with van der Waals surface area (Å²) in [6.45, 7) is 0. The van der Waals surface area contributed by atoms with Crippen LogP contribution in [-0.2, 0) is 0 Å². The molecule has 1 rings (SSSR count). The average Bonchev–Trinajstić information content (AvgIpc) is 2.08. The van der Waals surface area contributed by atoms with Crippen molar-refractivity contribution in [3.63, 3.8) is 0 Å². The van der Waals surface area contributed by atoms with E-state index in [0.29, 0.717) is 17.3 Å². The third-order valence-electron chi connectivity index (χ3n) is 1.35. The van der Waals surface area contributed by atoms with Crippen molar-refractivity contribution in [3.05, 3.63) is 6.33 Å². The molecule has 1 heterocycles. The van der Waals surface area contributed by atoms with E-state index in [1.807, 2.05) is 14.1 Å². The minimum Gasteiger partial charge on any atom is -0.393 e. The molecule has 0 spiro atoms. The van der Waals surface area contributed by atoms with Crippen LogP contribution in [0.15, 0.2) is 6.33 Å². The van der Waals surface area contributed by atoms with E-state index in [2.05, 4.69) is 20.8 Å². The lowest BCUT2D eigenvalue weighted by Crippen LogP contribution is -2.22. The zero-order valence-corrected chi connectivity index (χ0v) is 7.57. The summed E-state index contributed by atoms with van der Waals surface area (Å²) in [4.78, 5) is 7.78. The number of hydrogen-bond acceptors (Lipinski definition) is 7. The van der Waals surface area contributed by atoms with Crippen molar-refractivity contribution in [2.45, 2.75) is 0 Å². The second-order valence-corrected chi connectivity index (χ2v) is 2.64. The van der Waals surface area contributed by atoms with Crippen LogP contribution < -0.4 is 22.4 Å². The zero-order valence-electron chi connectivity index (χ0n) is 7.57. The molecule has 13 heavy (non-hydrogen) atoms. The van der Waals surface area contributed by atoms with E-state index in [9.17, 15) is 0 Å². The Hall–Kier alpha value is -1.60. The molecular formula is C6H13N7. The summed E-state index contributed by atoms with van der Waals surface area (Å²) in [5.41, 5.74) is 11.4. The summed E-state index contributed by atoms with van der Waals surface area (Å²) in [6.07, 6.45) is 1.37. The predicted octanol–water partition coefficient (Wildman–Crippen LogP) is -0.767. The van der Waals surface area contributed by atoms with E-state index in [1.54, 1.807) is 5.01 Å². The second-order valence-electron chi connectivity index (χ2n) is 2.64. The minimum absolute atomic E-state index is 0.388. The Morgan fingerprint density at radius 1 is 1.31 bits per heavy atom. The highest BCUT2D eigenvalue weighted by molar-refractivity contribution is 5.73. The van der Waals surface area contributed by atoms with E-state index >= 15 is 0 Å². The summed E-state index contributed by atoms with van der Waals surface area (Å²) in [6, 6.07) is 0. The van der Waals surface area contributed by atoms with E-state index < -0.39 is 0 Å². The van der Waals surface area contributed by atoms with Crippen molar-refractivity contribution in [2.75, 3.05) is 30.7 Å². The summed E-state index contributed by atoms with van der Waals surface area (Å²) in [7, 11) is 3.66. The minimum atomic E-state index is 0.388. The van der Waals surface area contributed by atoms with Crippen LogP contribution in [0.1, 0.15) is 0 Å². The van der Waals surface area contributed by atoms with Crippen molar-refractivity contribution in [1.82, 2.24) is 15.0 Å². The van der Waals surface area contributed by atoms with Gasteiger partial charge in [0.05, 0.1) is 0 Å². The van der Waals surface area contributed by atoms with E-state index in [0.717, 1.165) is 0 Å². The molecule has 72 valence electrons. The molecule has 0 fully saturated rings. The number of nitrogens with zero attached hydrogens (tertiary/aromatic N) is 3. The zero-order chi connectivity index (χ0) is 9.84. The molecule has 0 aliphatic heterocycles. The number of hydrazine groups is 2. The fraction of sp³-hybridized carbons (Fsp3) is 0.333. The Bertz CT molecular complexity index is 284. The van der Waals surface area contributed by atoms with Crippen LogP contribution in [-0.4, -0.2) is 29.1 Å². The van der Waals surface area contributed by atoms with Crippen LogP contribution in [0.5, 0.6) is 0 Å². The lowest BCUT2D eigenvalue weighted by atomic mass is 10.4. The molecule has 1 aromatic heterocycles. The molecule has 7 nitrogen and oxygen atoms in total. The molecule has 6 N–H and O–H groups in total. The van der Waals surface area contributed by atoms with Gasteiger partial charge in [0.15, 0.2) is 11.6 Å². The maximum absolute atomic E-state index is 5.69. The Balaban J connectivity index is 2.94. The van der Waals surface area contributed by atoms with Crippen molar-refractivity contribution in [3.8, 4) is 0 Å². The van der Waals surface area contributed by atoms with E-state index in [-0.39, 0.29) is 0 Å². The molecule has 0 amide bonds. The molecular weight excluding hydrogens is 170 g/mol. The van der Waals surface area contributed by atoms with Gasteiger partial charge in [-0.15, -0.1) is 0 Å². The SMILES string of the molecule is CN(C)Nc1ncnc(NN)c1N. The maximum atomic E-state index is 5.69. The number of aromatic nitrogens is 2. The summed E-state index contributed by atoms with van der Waals surface area (Å²) < 4.78 is 0. The quantitative estimate of drug-likeness (QED) is 0.360. The molecule has 0 saturated heterocycles. The maximum Gasteiger partial charge on any atom is 0.169 e. The van der Waals surface area contributed by atoms with Gasteiger partial charge in [-0.25, -0.2) is 20.8 Å². The van der Waals surface area contributed by atoms with Crippen LogP contribution in [0.3, 0.4) is 0 Å². The standard InChI is InChI=1S/C6H13N7/c1-13(2)12-6-4(7)5(11-8)9-3-10-6/h3H,7-8H2,1-2H3,(H2,9,10,11,12). The second kappa shape index (κ2) is 3.87.